The van der Waals surface area contributed by atoms with Crippen molar-refractivity contribution in [3.05, 3.63) is 34.3 Å². The highest BCUT2D eigenvalue weighted by atomic mass is 35.5. The van der Waals surface area contributed by atoms with Crippen molar-refractivity contribution in [1.82, 2.24) is 60.0 Å². The number of nitrogens with zero attached hydrogens (tertiary/aromatic N) is 9. The van der Waals surface area contributed by atoms with Gasteiger partial charge in [0.1, 0.15) is 41.8 Å². The van der Waals surface area contributed by atoms with Gasteiger partial charge in [0.15, 0.2) is 0 Å². The first-order valence-corrected chi connectivity index (χ1v) is 38.3. The number of alkyl halides is 3. The minimum atomic E-state index is -4.77. The molecule has 6 fully saturated rings. The predicted molar refractivity (Wildman–Crippen MR) is 384 cm³/mol. The van der Waals surface area contributed by atoms with Crippen LogP contribution in [-0.4, -0.2) is 265 Å². The summed E-state index contributed by atoms with van der Waals surface area (Å²) in [6.45, 7) is 6.13. The SMILES string of the molecule is CC[C@H](C)[C@@H]1NC(=O)[C@H](CC(C)C)N(C)C(=O)C[C@@H](C(=O)N2CCCCC2)N(C)C(=O)[C@H](C2CCCCC2)N(C)C(=O)C2(CCCC2)NC(=O)CN(C2CCOCC2)C(=O)[C@H](CCc2ccc(C(F)(F)F)c(Cl)c2)NC(=O)CN(C)C(=O)[C@H](CC2CCCCC2)N(C)C(=O)CN(C)C(=O)CN(C)C1=O. The van der Waals surface area contributed by atoms with E-state index in [0.717, 1.165) is 84.6 Å². The van der Waals surface area contributed by atoms with Crippen LogP contribution in [0.5, 0.6) is 0 Å². The molecule has 3 saturated carbocycles. The Balaban J connectivity index is 1.31. The number of carbonyl (C=O) groups excluding carboxylic acids is 12. The Morgan fingerprint density at radius 2 is 1.21 bits per heavy atom. The Hall–Kier alpha value is -7.10. The van der Waals surface area contributed by atoms with Crippen molar-refractivity contribution in [3.8, 4) is 0 Å². The maximum Gasteiger partial charge on any atom is 0.417 e. The monoisotopic (exact) mass is 1480 g/mol. The lowest BCUT2D eigenvalue weighted by atomic mass is 9.81. The van der Waals surface area contributed by atoms with Crippen LogP contribution in [0.4, 0.5) is 13.2 Å². The van der Waals surface area contributed by atoms with Gasteiger partial charge in [-0.2, -0.15) is 13.2 Å². The van der Waals surface area contributed by atoms with Gasteiger partial charge in [-0.05, 0) is 125 Å². The Morgan fingerprint density at radius 1 is 0.625 bits per heavy atom. The molecular formula is C75H116ClF3N12O13. The van der Waals surface area contributed by atoms with E-state index in [1.807, 2.05) is 20.8 Å². The van der Waals surface area contributed by atoms with Crippen LogP contribution in [0.25, 0.3) is 0 Å². The van der Waals surface area contributed by atoms with E-state index in [0.29, 0.717) is 58.0 Å². The van der Waals surface area contributed by atoms with E-state index in [2.05, 4.69) is 16.0 Å². The van der Waals surface area contributed by atoms with Crippen LogP contribution in [0.1, 0.15) is 193 Å². The van der Waals surface area contributed by atoms with E-state index in [9.17, 15) is 41.9 Å². The Bertz CT molecular complexity index is 3190. The number of halogens is 4. The highest BCUT2D eigenvalue weighted by molar-refractivity contribution is 6.31. The lowest BCUT2D eigenvalue weighted by molar-refractivity contribution is -0.157. The van der Waals surface area contributed by atoms with Gasteiger partial charge in [0.05, 0.1) is 43.2 Å². The van der Waals surface area contributed by atoms with Crippen LogP contribution in [0.15, 0.2) is 18.2 Å². The normalized spacial score (nSPS) is 26.2. The Labute approximate surface area is 617 Å². The summed E-state index contributed by atoms with van der Waals surface area (Å²) in [4.78, 5) is 192. The van der Waals surface area contributed by atoms with Gasteiger partial charge in [-0.25, -0.2) is 0 Å². The van der Waals surface area contributed by atoms with Crippen LogP contribution in [-0.2, 0) is 74.9 Å². The minimum Gasteiger partial charge on any atom is -0.381 e. The van der Waals surface area contributed by atoms with Gasteiger partial charge in [0, 0.05) is 81.7 Å². The maximum absolute atomic E-state index is 15.9. The van der Waals surface area contributed by atoms with E-state index < -0.39 is 180 Å². The van der Waals surface area contributed by atoms with Crippen molar-refractivity contribution < 1.29 is 75.4 Å². The first-order chi connectivity index (χ1) is 49.2. The molecule has 3 aliphatic carbocycles. The number of piperidine rings is 1. The van der Waals surface area contributed by atoms with E-state index in [1.54, 1.807) is 11.8 Å². The molecule has 6 aliphatic rings. The van der Waals surface area contributed by atoms with Crippen molar-refractivity contribution in [3.63, 3.8) is 0 Å². The maximum atomic E-state index is 15.9. The molecule has 3 heterocycles. The summed E-state index contributed by atoms with van der Waals surface area (Å²) in [7, 11) is 10.0. The second-order valence-electron chi connectivity index (χ2n) is 30.9. The predicted octanol–water partition coefficient (Wildman–Crippen LogP) is 6.44. The van der Waals surface area contributed by atoms with Crippen LogP contribution in [0.2, 0.25) is 5.02 Å². The van der Waals surface area contributed by atoms with Crippen molar-refractivity contribution in [2.24, 2.45) is 23.7 Å². The van der Waals surface area contributed by atoms with E-state index in [4.69, 9.17) is 16.3 Å². The fraction of sp³-hybridized carbons (Fsp3) is 0.760. The number of likely N-dealkylation sites (tertiary alicyclic amines) is 1. The molecular weight excluding hydrogens is 1370 g/mol. The molecule has 12 amide bonds. The van der Waals surface area contributed by atoms with E-state index in [1.165, 1.54) is 79.9 Å². The standard InChI is InChI=1S/C75H116ClF3N12O13/c1-12-49(4)65-71(101)85(7)46-63(95)83(5)47-64(96)87(9)58(42-50-24-16-13-17-25-50)69(99)84(6)44-60(92)80-56(31-29-51-28-30-54(55(76)41-51)75(77,78)79)68(98)91(53-32-38-104-39-33-53)45-61(93)82-74(34-20-21-35-74)73(103)89(11)66(52-26-18-14-19-27-52)72(102)88(10)59(70(100)90-36-22-15-23-37-90)43-62(94)86(8)57(40-48(2)3)67(97)81-65/h28,30,41,48-50,52-53,56-59,65-66H,12-27,29,31-40,42-47H2,1-11H3,(H,80,92)(H,81,97)(H,82,93)/t49-,56-,57-,58-,59-,65-,66-/m0/s1. The average molecular weight is 1490 g/mol. The molecule has 3 N–H and O–H groups in total. The van der Waals surface area contributed by atoms with Crippen molar-refractivity contribution in [2.75, 3.05) is 102 Å². The Kier molecular flexibility index (Phi) is 31.1. The summed E-state index contributed by atoms with van der Waals surface area (Å²) in [5.41, 5.74) is -2.39. The number of benzene rings is 1. The minimum absolute atomic E-state index is 0.00853. The second kappa shape index (κ2) is 38.4. The number of carbonyl (C=O) groups is 12. The molecule has 1 aromatic carbocycles. The fourth-order valence-corrected chi connectivity index (χ4v) is 16.4. The zero-order chi connectivity index (χ0) is 76.5. The summed E-state index contributed by atoms with van der Waals surface area (Å²) in [5, 5.41) is 8.18. The zero-order valence-corrected chi connectivity index (χ0v) is 64.0. The molecule has 582 valence electrons. The van der Waals surface area contributed by atoms with Gasteiger partial charge >= 0.3 is 6.18 Å². The zero-order valence-electron chi connectivity index (χ0n) is 63.3. The van der Waals surface area contributed by atoms with Crippen LogP contribution in [0, 0.1) is 23.7 Å². The molecule has 3 saturated heterocycles. The molecule has 104 heavy (non-hydrogen) atoms. The number of aryl methyl sites for hydroxylation is 1. The lowest BCUT2D eigenvalue weighted by Crippen LogP contribution is -2.65. The van der Waals surface area contributed by atoms with Gasteiger partial charge < -0.3 is 64.8 Å². The number of amides is 12. The number of hydrogen-bond acceptors (Lipinski definition) is 13. The summed E-state index contributed by atoms with van der Waals surface area (Å²) >= 11 is 6.20. The molecule has 0 bridgehead atoms. The topological polar surface area (TPSA) is 279 Å². The van der Waals surface area contributed by atoms with Gasteiger partial charge in [-0.15, -0.1) is 0 Å². The molecule has 25 nitrogen and oxygen atoms in total. The quantitative estimate of drug-likeness (QED) is 0.203. The van der Waals surface area contributed by atoms with Gasteiger partial charge in [0.25, 0.3) is 0 Å². The third kappa shape index (κ3) is 22.0. The van der Waals surface area contributed by atoms with Gasteiger partial charge in [0.2, 0.25) is 70.9 Å². The van der Waals surface area contributed by atoms with Gasteiger partial charge in [-0.3, -0.25) is 57.5 Å². The second-order valence-corrected chi connectivity index (χ2v) is 31.3. The van der Waals surface area contributed by atoms with Gasteiger partial charge in [-0.1, -0.05) is 116 Å². The number of likely N-dealkylation sites (N-methyl/N-ethyl adjacent to an activating group) is 7. The molecule has 7 rings (SSSR count). The number of hydrogen-bond donors (Lipinski definition) is 3. The molecule has 1 aromatic rings. The molecule has 29 heteroatoms. The molecule has 1 spiro atoms. The van der Waals surface area contributed by atoms with Crippen LogP contribution >= 0.6 is 11.6 Å². The summed E-state index contributed by atoms with van der Waals surface area (Å²) in [6.07, 6.45) is 6.87. The van der Waals surface area contributed by atoms with Crippen molar-refractivity contribution in [1.29, 1.82) is 0 Å². The van der Waals surface area contributed by atoms with Crippen LogP contribution < -0.4 is 16.0 Å². The molecule has 0 unspecified atom stereocenters. The number of ether oxygens (including phenoxy) is 1. The summed E-state index contributed by atoms with van der Waals surface area (Å²) < 4.78 is 47.6. The van der Waals surface area contributed by atoms with Crippen molar-refractivity contribution in [2.45, 2.75) is 242 Å². The average Bonchev–Trinajstić information content (AvgIpc) is 1.38. The fourth-order valence-electron chi connectivity index (χ4n) is 16.1. The lowest BCUT2D eigenvalue weighted by Gasteiger charge is -2.43. The third-order valence-corrected chi connectivity index (χ3v) is 23.1. The summed E-state index contributed by atoms with van der Waals surface area (Å²) in [5.74, 6) is -8.91. The molecule has 3 aliphatic heterocycles. The molecule has 7 atom stereocenters. The smallest absolute Gasteiger partial charge is 0.381 e. The van der Waals surface area contributed by atoms with Crippen molar-refractivity contribution >= 4 is 82.5 Å². The molecule has 0 aromatic heterocycles. The Morgan fingerprint density at radius 3 is 1.81 bits per heavy atom. The van der Waals surface area contributed by atoms with E-state index in [-0.39, 0.29) is 82.0 Å². The first-order valence-electron chi connectivity index (χ1n) is 37.9. The van der Waals surface area contributed by atoms with Crippen LogP contribution in [0.3, 0.4) is 0 Å². The third-order valence-electron chi connectivity index (χ3n) is 22.8. The van der Waals surface area contributed by atoms with E-state index >= 15 is 28.8 Å². The summed E-state index contributed by atoms with van der Waals surface area (Å²) in [6, 6.07) is -5.11. The largest absolute Gasteiger partial charge is 0.417 e. The number of nitrogens with one attached hydrogen (secondary N) is 3. The number of rotatable bonds is 12. The molecule has 0 radical (unpaired) electrons. The highest BCUT2D eigenvalue weighted by Gasteiger charge is 2.51. The first kappa shape index (κ1) is 84.2. The highest BCUT2D eigenvalue weighted by Crippen LogP contribution is 2.38.